The SMILES string of the molecule is CC(C)c1cc(-c2ccccc2)cc(C(C)C)c1-n1c(-c2[c-]ccc3c2oc2ccccc23)nc2ccc3ccccc3c21.[2H]C(C)(C)c1cc(-c2[c-]cccc2)nc[c]1[Ge]([CH3])([CH3])[CH3].[Ir]. The maximum absolute atomic E-state index is 8.44. The first-order valence-corrected chi connectivity index (χ1v) is 29.5. The van der Waals surface area contributed by atoms with Crippen LogP contribution in [0.1, 0.15) is 77.3 Å². The van der Waals surface area contributed by atoms with Gasteiger partial charge in [0.25, 0.3) is 0 Å². The van der Waals surface area contributed by atoms with Crippen LogP contribution in [0.25, 0.3) is 83.2 Å². The van der Waals surface area contributed by atoms with Crippen LogP contribution < -0.4 is 4.40 Å². The number of hydrogen-bond acceptors (Lipinski definition) is 3. The second-order valence-electron chi connectivity index (χ2n) is 18.4. The van der Waals surface area contributed by atoms with Gasteiger partial charge in [-0.25, -0.2) is 0 Å². The minimum atomic E-state index is -2.03. The van der Waals surface area contributed by atoms with Crippen LogP contribution in [-0.2, 0) is 20.1 Å². The molecule has 0 amide bonds. The number of para-hydroxylation sites is 1. The average molecular weight is 1080 g/mol. The molecule has 0 aliphatic carbocycles. The van der Waals surface area contributed by atoms with Gasteiger partial charge in [-0.15, -0.1) is 18.2 Å². The monoisotopic (exact) mass is 1080 g/mol. The maximum Gasteiger partial charge on any atom is 0 e. The number of imidazole rings is 1. The average Bonchev–Trinajstić information content (AvgIpc) is 3.88. The van der Waals surface area contributed by atoms with E-state index in [0.717, 1.165) is 61.2 Å². The summed E-state index contributed by atoms with van der Waals surface area (Å²) in [6, 6.07) is 57.5. The van der Waals surface area contributed by atoms with Crippen LogP contribution >= 0.6 is 0 Å². The van der Waals surface area contributed by atoms with E-state index in [1.165, 1.54) is 43.1 Å². The number of aromatic nitrogens is 3. The molecular formula is C58H55GeIrN3O-2. The second-order valence-corrected chi connectivity index (χ2v) is 29.0. The van der Waals surface area contributed by atoms with Crippen LogP contribution in [-0.4, -0.2) is 27.8 Å². The molecule has 0 bridgehead atoms. The Hall–Kier alpha value is -5.59. The molecule has 1 radical (unpaired) electrons. The van der Waals surface area contributed by atoms with Gasteiger partial charge in [0.05, 0.1) is 22.4 Å². The van der Waals surface area contributed by atoms with E-state index in [4.69, 9.17) is 10.8 Å². The summed E-state index contributed by atoms with van der Waals surface area (Å²) in [4.78, 5) is 10.0. The molecule has 0 spiro atoms. The Morgan fingerprint density at radius 1 is 0.641 bits per heavy atom. The van der Waals surface area contributed by atoms with Crippen molar-refractivity contribution in [2.24, 2.45) is 0 Å². The molecule has 0 fully saturated rings. The summed E-state index contributed by atoms with van der Waals surface area (Å²) in [5, 5.41) is 4.54. The normalized spacial score (nSPS) is 12.2. The van der Waals surface area contributed by atoms with Crippen LogP contribution in [0, 0.1) is 12.1 Å². The van der Waals surface area contributed by atoms with E-state index in [1.54, 1.807) is 0 Å². The molecule has 0 saturated carbocycles. The Morgan fingerprint density at radius 3 is 1.98 bits per heavy atom. The zero-order valence-electron chi connectivity index (χ0n) is 39.2. The molecule has 64 heavy (non-hydrogen) atoms. The Labute approximate surface area is 395 Å². The van der Waals surface area contributed by atoms with Crippen LogP contribution in [0.2, 0.25) is 17.3 Å². The fraction of sp³-hybridized carbons (Fsp3) is 0.207. The molecule has 10 aromatic rings. The van der Waals surface area contributed by atoms with Crippen LogP contribution in [0.4, 0.5) is 0 Å². The zero-order chi connectivity index (χ0) is 44.9. The van der Waals surface area contributed by atoms with Crippen molar-refractivity contribution in [1.82, 2.24) is 14.5 Å². The number of rotatable bonds is 8. The molecule has 7 aromatic carbocycles. The third-order valence-electron chi connectivity index (χ3n) is 12.1. The van der Waals surface area contributed by atoms with Gasteiger partial charge in [0, 0.05) is 36.6 Å². The molecule has 0 N–H and O–H groups in total. The molecule has 6 heteroatoms. The van der Waals surface area contributed by atoms with Crippen molar-refractivity contribution in [3.8, 4) is 39.5 Å². The molecule has 3 aromatic heterocycles. The second kappa shape index (κ2) is 18.5. The maximum atomic E-state index is 8.44. The third kappa shape index (κ3) is 8.54. The summed E-state index contributed by atoms with van der Waals surface area (Å²) in [5.74, 6) is 7.84. The zero-order valence-corrected chi connectivity index (χ0v) is 42.7. The van der Waals surface area contributed by atoms with Gasteiger partial charge in [0.2, 0.25) is 0 Å². The van der Waals surface area contributed by atoms with Crippen molar-refractivity contribution < 1.29 is 25.9 Å². The number of benzene rings is 7. The van der Waals surface area contributed by atoms with E-state index in [1.807, 2.05) is 62.5 Å². The molecule has 0 atom stereocenters. The predicted octanol–water partition coefficient (Wildman–Crippen LogP) is 15.7. The summed E-state index contributed by atoms with van der Waals surface area (Å²) < 4.78 is 18.7. The first-order valence-electron chi connectivity index (χ1n) is 22.6. The first-order chi connectivity index (χ1) is 30.7. The van der Waals surface area contributed by atoms with Crippen molar-refractivity contribution in [1.29, 1.82) is 0 Å². The molecule has 0 saturated heterocycles. The topological polar surface area (TPSA) is 43.9 Å². The van der Waals surface area contributed by atoms with Crippen LogP contribution in [0.3, 0.4) is 0 Å². The van der Waals surface area contributed by atoms with Gasteiger partial charge in [-0.05, 0) is 63.7 Å². The van der Waals surface area contributed by atoms with Gasteiger partial charge in [-0.1, -0.05) is 118 Å². The molecule has 0 aliphatic heterocycles. The van der Waals surface area contributed by atoms with Crippen LogP contribution in [0.5, 0.6) is 0 Å². The first kappa shape index (κ1) is 43.7. The number of nitrogens with zero attached hydrogens (tertiary/aromatic N) is 3. The smallest absolute Gasteiger partial charge is 0 e. The molecular weight excluding hydrogens is 1020 g/mol. The van der Waals surface area contributed by atoms with E-state index in [-0.39, 0.29) is 31.9 Å². The Morgan fingerprint density at radius 2 is 1.31 bits per heavy atom. The van der Waals surface area contributed by atoms with Crippen molar-refractivity contribution in [3.05, 3.63) is 181 Å². The Bertz CT molecular complexity index is 3270. The molecule has 10 rings (SSSR count). The van der Waals surface area contributed by atoms with Crippen molar-refractivity contribution in [2.75, 3.05) is 0 Å². The quantitative estimate of drug-likeness (QED) is 0.112. The van der Waals surface area contributed by atoms with Crippen molar-refractivity contribution >= 4 is 61.4 Å². The number of hydrogen-bond donors (Lipinski definition) is 0. The fourth-order valence-corrected chi connectivity index (χ4v) is 12.2. The summed E-state index contributed by atoms with van der Waals surface area (Å²) in [7, 11) is 0. The summed E-state index contributed by atoms with van der Waals surface area (Å²) >= 11 is -2.03. The van der Waals surface area contributed by atoms with E-state index in [0.29, 0.717) is 0 Å². The van der Waals surface area contributed by atoms with Crippen molar-refractivity contribution in [3.63, 3.8) is 0 Å². The van der Waals surface area contributed by atoms with Gasteiger partial charge in [-0.2, -0.15) is 0 Å². The van der Waals surface area contributed by atoms with Crippen LogP contribution in [0.15, 0.2) is 156 Å². The molecule has 0 unspecified atom stereocenters. The Balaban J connectivity index is 0.000000232. The third-order valence-corrected chi connectivity index (χ3v) is 16.3. The van der Waals surface area contributed by atoms with E-state index in [2.05, 4.69) is 170 Å². The summed E-state index contributed by atoms with van der Waals surface area (Å²) in [5.41, 5.74) is 13.9. The number of fused-ring (bicyclic) bond motifs is 6. The van der Waals surface area contributed by atoms with E-state index >= 15 is 0 Å². The number of pyridine rings is 1. The van der Waals surface area contributed by atoms with Gasteiger partial charge in [0.1, 0.15) is 5.58 Å². The summed E-state index contributed by atoms with van der Waals surface area (Å²) in [6.45, 7) is 13.1. The van der Waals surface area contributed by atoms with E-state index in [9.17, 15) is 0 Å². The Kier molecular flexibility index (Phi) is 12.6. The molecule has 323 valence electrons. The molecule has 4 nitrogen and oxygen atoms in total. The largest absolute Gasteiger partial charge is 0 e. The van der Waals surface area contributed by atoms with Gasteiger partial charge in [0.15, 0.2) is 0 Å². The van der Waals surface area contributed by atoms with E-state index < -0.39 is 19.2 Å². The molecule has 0 aliphatic rings. The van der Waals surface area contributed by atoms with Gasteiger partial charge in [-0.3, -0.25) is 4.98 Å². The summed E-state index contributed by atoms with van der Waals surface area (Å²) in [6.07, 6.45) is 2.00. The minimum Gasteiger partial charge on any atom is 0 e. The standard InChI is InChI=1S/C41H33N2O.C17H22GeN.Ir/c1-25(2)34-23-29(27-13-6-5-7-14-27)24-35(26(3)4)38(34)43-39-30-16-9-8-15-28(30)21-22-36(39)42-41(43)33-19-12-18-32-31-17-10-11-20-37(31)44-40(32)33;1-13(2)15-11-17(14-9-7-6-8-10-14)19-12-16(15)18(3,4)5;/h5-18,20-26H,1-4H3;6-9,11-13H,1-5H3;/q2*-1;/i;13D;. The van der Waals surface area contributed by atoms with Gasteiger partial charge < -0.3 is 8.98 Å². The molecule has 3 heterocycles. The fourth-order valence-electron chi connectivity index (χ4n) is 8.86. The van der Waals surface area contributed by atoms with Crippen molar-refractivity contribution in [2.45, 2.75) is 76.5 Å². The number of furan rings is 1. The van der Waals surface area contributed by atoms with Gasteiger partial charge >= 0.3 is 120 Å². The minimum absolute atomic E-state index is 0. The predicted molar refractivity (Wildman–Crippen MR) is 269 cm³/mol.